The van der Waals surface area contributed by atoms with Crippen molar-refractivity contribution in [3.8, 4) is 6.07 Å². The van der Waals surface area contributed by atoms with Crippen molar-refractivity contribution < 1.29 is 4.79 Å². The van der Waals surface area contributed by atoms with Crippen molar-refractivity contribution >= 4 is 11.6 Å². The van der Waals surface area contributed by atoms with Gasteiger partial charge in [0, 0.05) is 12.2 Å². The summed E-state index contributed by atoms with van der Waals surface area (Å²) >= 11 is 0. The molecule has 0 radical (unpaired) electrons. The maximum atomic E-state index is 12.1. The van der Waals surface area contributed by atoms with Crippen LogP contribution in [-0.2, 0) is 4.79 Å². The predicted octanol–water partition coefficient (Wildman–Crippen LogP) is 2.62. The summed E-state index contributed by atoms with van der Waals surface area (Å²) < 4.78 is 0. The highest BCUT2D eigenvalue weighted by molar-refractivity contribution is 5.92. The minimum Gasteiger partial charge on any atom is -0.325 e. The molecule has 1 fully saturated rings. The molecule has 0 bridgehead atoms. The van der Waals surface area contributed by atoms with Gasteiger partial charge >= 0.3 is 0 Å². The van der Waals surface area contributed by atoms with E-state index in [1.807, 2.05) is 0 Å². The summed E-state index contributed by atoms with van der Waals surface area (Å²) in [6.45, 7) is 6.84. The molecule has 0 aliphatic carbocycles. The van der Waals surface area contributed by atoms with Crippen LogP contribution < -0.4 is 5.32 Å². The lowest BCUT2D eigenvalue weighted by Crippen LogP contribution is -2.43. The summed E-state index contributed by atoms with van der Waals surface area (Å²) in [5, 5.41) is 11.7. The molecule has 1 aromatic carbocycles. The van der Waals surface area contributed by atoms with Gasteiger partial charge in [0.1, 0.15) is 0 Å². The number of hydrogen-bond acceptors (Lipinski definition) is 3. The zero-order chi connectivity index (χ0) is 14.6. The lowest BCUT2D eigenvalue weighted by Gasteiger charge is -2.37. The van der Waals surface area contributed by atoms with Crippen LogP contribution in [0, 0.1) is 16.7 Å². The molecule has 1 saturated heterocycles. The van der Waals surface area contributed by atoms with Crippen LogP contribution in [0.25, 0.3) is 0 Å². The highest BCUT2D eigenvalue weighted by Crippen LogP contribution is 2.28. The summed E-state index contributed by atoms with van der Waals surface area (Å²) in [5.41, 5.74) is 1.53. The molecule has 1 N–H and O–H groups in total. The summed E-state index contributed by atoms with van der Waals surface area (Å²) in [6, 6.07) is 9.07. The Labute approximate surface area is 120 Å². The molecular formula is C16H21N3O. The first-order chi connectivity index (χ1) is 9.48. The Morgan fingerprint density at radius 1 is 1.50 bits per heavy atom. The molecule has 1 heterocycles. The molecule has 20 heavy (non-hydrogen) atoms. The van der Waals surface area contributed by atoms with E-state index in [9.17, 15) is 4.79 Å². The van der Waals surface area contributed by atoms with Crippen LogP contribution in [0.4, 0.5) is 5.69 Å². The number of carbonyl (C=O) groups is 1. The van der Waals surface area contributed by atoms with Gasteiger partial charge in [-0.1, -0.05) is 19.9 Å². The summed E-state index contributed by atoms with van der Waals surface area (Å²) in [7, 11) is 0. The first-order valence-electron chi connectivity index (χ1n) is 7.01. The normalized spacial score (nSPS) is 18.2. The van der Waals surface area contributed by atoms with E-state index < -0.39 is 0 Å². The fourth-order valence-corrected chi connectivity index (χ4v) is 2.75. The van der Waals surface area contributed by atoms with Crippen molar-refractivity contribution in [1.82, 2.24) is 4.90 Å². The van der Waals surface area contributed by atoms with E-state index >= 15 is 0 Å². The topological polar surface area (TPSA) is 56.1 Å². The van der Waals surface area contributed by atoms with Crippen molar-refractivity contribution in [3.63, 3.8) is 0 Å². The average Bonchev–Trinajstić information content (AvgIpc) is 2.37. The van der Waals surface area contributed by atoms with E-state index in [0.717, 1.165) is 19.5 Å². The van der Waals surface area contributed by atoms with Gasteiger partial charge in [0.15, 0.2) is 0 Å². The number of amides is 1. The van der Waals surface area contributed by atoms with E-state index in [2.05, 4.69) is 30.1 Å². The molecule has 0 spiro atoms. The van der Waals surface area contributed by atoms with Crippen LogP contribution in [0.1, 0.15) is 32.3 Å². The van der Waals surface area contributed by atoms with Gasteiger partial charge in [-0.25, -0.2) is 0 Å². The maximum absolute atomic E-state index is 12.1. The van der Waals surface area contributed by atoms with Gasteiger partial charge in [-0.3, -0.25) is 9.69 Å². The number of carbonyl (C=O) groups excluding carboxylic acids is 1. The Morgan fingerprint density at radius 2 is 2.30 bits per heavy atom. The van der Waals surface area contributed by atoms with Crippen molar-refractivity contribution in [2.24, 2.45) is 5.41 Å². The third-order valence-electron chi connectivity index (χ3n) is 3.62. The molecule has 106 valence electrons. The summed E-state index contributed by atoms with van der Waals surface area (Å²) in [5.74, 6) is -0.0159. The second-order valence-corrected chi connectivity index (χ2v) is 6.22. The Bertz CT molecular complexity index is 531. The van der Waals surface area contributed by atoms with Crippen molar-refractivity contribution in [2.75, 3.05) is 25.0 Å². The largest absolute Gasteiger partial charge is 0.325 e. The van der Waals surface area contributed by atoms with Crippen LogP contribution in [0.2, 0.25) is 0 Å². The molecular weight excluding hydrogens is 250 g/mol. The van der Waals surface area contributed by atoms with Crippen LogP contribution in [0.15, 0.2) is 24.3 Å². The zero-order valence-electron chi connectivity index (χ0n) is 12.1. The lowest BCUT2D eigenvalue weighted by atomic mass is 9.84. The lowest BCUT2D eigenvalue weighted by molar-refractivity contribution is -0.118. The Balaban J connectivity index is 1.90. The monoisotopic (exact) mass is 271 g/mol. The van der Waals surface area contributed by atoms with Gasteiger partial charge < -0.3 is 5.32 Å². The molecule has 1 aromatic rings. The van der Waals surface area contributed by atoms with E-state index in [1.165, 1.54) is 6.42 Å². The number of nitriles is 1. The standard InChI is InChI=1S/C16H21N3O/c1-16(2)7-4-8-19(12-16)11-15(20)18-14-6-3-5-13(9-14)10-17/h3,5-6,9H,4,7-8,11-12H2,1-2H3,(H,18,20). The molecule has 0 saturated carbocycles. The van der Waals surface area contributed by atoms with Gasteiger partial charge in [0.2, 0.25) is 5.91 Å². The number of hydrogen-bond donors (Lipinski definition) is 1. The number of benzene rings is 1. The Kier molecular flexibility index (Phi) is 4.41. The van der Waals surface area contributed by atoms with Crippen LogP contribution in [-0.4, -0.2) is 30.4 Å². The Hall–Kier alpha value is -1.86. The minimum atomic E-state index is -0.0159. The van der Waals surface area contributed by atoms with Crippen molar-refractivity contribution in [1.29, 1.82) is 5.26 Å². The van der Waals surface area contributed by atoms with E-state index in [0.29, 0.717) is 23.2 Å². The number of nitrogens with one attached hydrogen (secondary N) is 1. The molecule has 0 atom stereocenters. The molecule has 2 rings (SSSR count). The highest BCUT2D eigenvalue weighted by Gasteiger charge is 2.27. The SMILES string of the molecule is CC1(C)CCCN(CC(=O)Nc2cccc(C#N)c2)C1. The first kappa shape index (κ1) is 14.5. The zero-order valence-corrected chi connectivity index (χ0v) is 12.1. The van der Waals surface area contributed by atoms with Gasteiger partial charge in [-0.15, -0.1) is 0 Å². The van der Waals surface area contributed by atoms with Gasteiger partial charge in [-0.2, -0.15) is 5.26 Å². The quantitative estimate of drug-likeness (QED) is 0.919. The number of likely N-dealkylation sites (tertiary alicyclic amines) is 1. The summed E-state index contributed by atoms with van der Waals surface area (Å²) in [6.07, 6.45) is 2.36. The van der Waals surface area contributed by atoms with E-state index in [4.69, 9.17) is 5.26 Å². The third kappa shape index (κ3) is 4.07. The van der Waals surface area contributed by atoms with Crippen LogP contribution in [0.3, 0.4) is 0 Å². The fourth-order valence-electron chi connectivity index (χ4n) is 2.75. The minimum absolute atomic E-state index is 0.0159. The number of piperidine rings is 1. The number of anilines is 1. The predicted molar refractivity (Wildman–Crippen MR) is 79.2 cm³/mol. The average molecular weight is 271 g/mol. The number of nitrogens with zero attached hydrogens (tertiary/aromatic N) is 2. The van der Waals surface area contributed by atoms with Crippen LogP contribution >= 0.6 is 0 Å². The van der Waals surface area contributed by atoms with Gasteiger partial charge in [0.25, 0.3) is 0 Å². The van der Waals surface area contributed by atoms with Gasteiger partial charge in [-0.05, 0) is 43.0 Å². The molecule has 4 heteroatoms. The molecule has 4 nitrogen and oxygen atoms in total. The fraction of sp³-hybridized carbons (Fsp3) is 0.500. The molecule has 1 amide bonds. The third-order valence-corrected chi connectivity index (χ3v) is 3.62. The van der Waals surface area contributed by atoms with E-state index in [1.54, 1.807) is 24.3 Å². The molecule has 1 aliphatic rings. The molecule has 0 unspecified atom stereocenters. The number of rotatable bonds is 3. The second kappa shape index (κ2) is 6.06. The first-order valence-corrected chi connectivity index (χ1v) is 7.01. The molecule has 1 aliphatic heterocycles. The van der Waals surface area contributed by atoms with Crippen LogP contribution in [0.5, 0.6) is 0 Å². The second-order valence-electron chi connectivity index (χ2n) is 6.22. The molecule has 0 aromatic heterocycles. The smallest absolute Gasteiger partial charge is 0.238 e. The maximum Gasteiger partial charge on any atom is 0.238 e. The Morgan fingerprint density at radius 3 is 3.00 bits per heavy atom. The van der Waals surface area contributed by atoms with Crippen molar-refractivity contribution in [2.45, 2.75) is 26.7 Å². The van der Waals surface area contributed by atoms with E-state index in [-0.39, 0.29) is 5.91 Å². The van der Waals surface area contributed by atoms with Gasteiger partial charge in [0.05, 0.1) is 18.2 Å². The highest BCUT2D eigenvalue weighted by atomic mass is 16.2. The summed E-state index contributed by atoms with van der Waals surface area (Å²) in [4.78, 5) is 14.3. The van der Waals surface area contributed by atoms with Crippen molar-refractivity contribution in [3.05, 3.63) is 29.8 Å².